The molecule has 1 saturated heterocycles. The quantitative estimate of drug-likeness (QED) is 0.515. The molecule has 1 aliphatic rings. The van der Waals surface area contributed by atoms with Gasteiger partial charge in [-0.15, -0.1) is 0 Å². The molecule has 60 valence electrons. The van der Waals surface area contributed by atoms with E-state index in [2.05, 4.69) is 10.6 Å². The van der Waals surface area contributed by atoms with Gasteiger partial charge in [-0.05, 0) is 19.5 Å². The van der Waals surface area contributed by atoms with Crippen LogP contribution in [0.2, 0.25) is 0 Å². The van der Waals surface area contributed by atoms with Crippen LogP contribution >= 0.6 is 0 Å². The van der Waals surface area contributed by atoms with Gasteiger partial charge in [0, 0.05) is 0 Å². The molecule has 0 atom stereocenters. The van der Waals surface area contributed by atoms with Crippen LogP contribution in [0.25, 0.3) is 0 Å². The molecule has 0 saturated carbocycles. The van der Waals surface area contributed by atoms with Gasteiger partial charge < -0.3 is 10.6 Å². The summed E-state index contributed by atoms with van der Waals surface area (Å²) in [6, 6.07) is 0. The Labute approximate surface area is 59.0 Å². The fourth-order valence-corrected chi connectivity index (χ4v) is 0.943. The van der Waals surface area contributed by atoms with Crippen molar-refractivity contribution in [3.63, 3.8) is 0 Å². The Hall–Kier alpha value is -0.220. The third-order valence-electron chi connectivity index (χ3n) is 1.47. The van der Waals surface area contributed by atoms with E-state index in [1.807, 2.05) is 0 Å². The molecule has 0 bridgehead atoms. The highest BCUT2D eigenvalue weighted by Crippen LogP contribution is 2.10. The first kappa shape index (κ1) is 7.88. The molecule has 0 aromatic heterocycles. The predicted octanol–water partition coefficient (Wildman–Crippen LogP) is 0.205. The number of hydrogen-bond donors (Lipinski definition) is 2. The van der Waals surface area contributed by atoms with Crippen LogP contribution in [0.5, 0.6) is 0 Å². The van der Waals surface area contributed by atoms with Crippen molar-refractivity contribution in [2.75, 3.05) is 26.2 Å². The van der Waals surface area contributed by atoms with Gasteiger partial charge in [0.25, 0.3) is 5.92 Å². The van der Waals surface area contributed by atoms with E-state index >= 15 is 0 Å². The minimum Gasteiger partial charge on any atom is -0.311 e. The number of halogens is 2. The number of nitrogens with one attached hydrogen (secondary N) is 2. The molecule has 2 N–H and O–H groups in total. The molecule has 0 spiro atoms. The minimum atomic E-state index is -2.57. The summed E-state index contributed by atoms with van der Waals surface area (Å²) in [4.78, 5) is 0. The lowest BCUT2D eigenvalue weighted by Crippen LogP contribution is -2.44. The van der Waals surface area contributed by atoms with Gasteiger partial charge >= 0.3 is 0 Å². The van der Waals surface area contributed by atoms with Crippen molar-refractivity contribution in [2.45, 2.75) is 12.3 Å². The number of rotatable bonds is 0. The topological polar surface area (TPSA) is 24.1 Å². The average Bonchev–Trinajstić information content (AvgIpc) is 1.81. The molecule has 0 aromatic carbocycles. The monoisotopic (exact) mass is 150 g/mol. The standard InChI is InChI=1S/C6H12F2N2/c7-6(8)4-9-2-1-3-10-5-6/h9-10H,1-5H2. The summed E-state index contributed by atoms with van der Waals surface area (Å²) in [6.45, 7) is 0.977. The fraction of sp³-hybridized carbons (Fsp3) is 1.00. The van der Waals surface area contributed by atoms with E-state index in [0.29, 0.717) is 13.1 Å². The van der Waals surface area contributed by atoms with Crippen molar-refractivity contribution in [1.82, 2.24) is 10.6 Å². The van der Waals surface area contributed by atoms with E-state index in [-0.39, 0.29) is 13.1 Å². The van der Waals surface area contributed by atoms with Crippen LogP contribution in [-0.4, -0.2) is 32.1 Å². The van der Waals surface area contributed by atoms with Crippen LogP contribution in [0.1, 0.15) is 6.42 Å². The summed E-state index contributed by atoms with van der Waals surface area (Å²) in [6.07, 6.45) is 0.927. The average molecular weight is 150 g/mol. The Morgan fingerprint density at radius 3 is 2.00 bits per heavy atom. The molecule has 4 heteroatoms. The third-order valence-corrected chi connectivity index (χ3v) is 1.47. The highest BCUT2D eigenvalue weighted by Gasteiger charge is 2.28. The van der Waals surface area contributed by atoms with Crippen molar-refractivity contribution in [3.8, 4) is 0 Å². The smallest absolute Gasteiger partial charge is 0.272 e. The lowest BCUT2D eigenvalue weighted by molar-refractivity contribution is 0.000278. The molecule has 1 aliphatic heterocycles. The second-order valence-electron chi connectivity index (χ2n) is 2.56. The zero-order valence-electron chi connectivity index (χ0n) is 5.79. The summed E-state index contributed by atoms with van der Waals surface area (Å²) < 4.78 is 25.0. The highest BCUT2D eigenvalue weighted by atomic mass is 19.3. The lowest BCUT2D eigenvalue weighted by Gasteiger charge is -2.20. The Balaban J connectivity index is 2.30. The Morgan fingerprint density at radius 1 is 1.00 bits per heavy atom. The van der Waals surface area contributed by atoms with Crippen LogP contribution in [0, 0.1) is 0 Å². The minimum absolute atomic E-state index is 0.194. The summed E-state index contributed by atoms with van der Waals surface area (Å²) >= 11 is 0. The van der Waals surface area contributed by atoms with E-state index in [4.69, 9.17) is 0 Å². The van der Waals surface area contributed by atoms with Gasteiger partial charge in [-0.1, -0.05) is 0 Å². The first-order valence-corrected chi connectivity index (χ1v) is 3.50. The molecule has 1 rings (SSSR count). The van der Waals surface area contributed by atoms with E-state index in [9.17, 15) is 8.78 Å². The zero-order valence-corrected chi connectivity index (χ0v) is 5.79. The van der Waals surface area contributed by atoms with Crippen molar-refractivity contribution < 1.29 is 8.78 Å². The van der Waals surface area contributed by atoms with Crippen LogP contribution < -0.4 is 10.6 Å². The van der Waals surface area contributed by atoms with E-state index in [0.717, 1.165) is 6.42 Å². The molecule has 0 amide bonds. The second-order valence-corrected chi connectivity index (χ2v) is 2.56. The molecule has 2 nitrogen and oxygen atoms in total. The second kappa shape index (κ2) is 3.25. The largest absolute Gasteiger partial charge is 0.311 e. The first-order valence-electron chi connectivity index (χ1n) is 3.50. The zero-order chi connectivity index (χ0) is 7.45. The maximum Gasteiger partial charge on any atom is 0.272 e. The van der Waals surface area contributed by atoms with Crippen LogP contribution in [-0.2, 0) is 0 Å². The van der Waals surface area contributed by atoms with Gasteiger partial charge in [-0.25, -0.2) is 8.78 Å². The summed E-state index contributed by atoms with van der Waals surface area (Å²) in [7, 11) is 0. The van der Waals surface area contributed by atoms with Gasteiger partial charge in [0.15, 0.2) is 0 Å². The summed E-state index contributed by atoms with van der Waals surface area (Å²) in [5.41, 5.74) is 0. The molecule has 0 radical (unpaired) electrons. The maximum atomic E-state index is 12.5. The van der Waals surface area contributed by atoms with Gasteiger partial charge in [0.05, 0.1) is 13.1 Å². The van der Waals surface area contributed by atoms with E-state index in [1.165, 1.54) is 0 Å². The molecule has 0 aliphatic carbocycles. The SMILES string of the molecule is FC1(F)CNCCCNC1. The Bertz CT molecular complexity index is 95.9. The van der Waals surface area contributed by atoms with E-state index < -0.39 is 5.92 Å². The van der Waals surface area contributed by atoms with Gasteiger partial charge in [0.1, 0.15) is 0 Å². The molecular weight excluding hydrogens is 138 g/mol. The number of alkyl halides is 2. The molecule has 10 heavy (non-hydrogen) atoms. The molecule has 0 unspecified atom stereocenters. The molecule has 1 heterocycles. The van der Waals surface area contributed by atoms with E-state index in [1.54, 1.807) is 0 Å². The first-order chi connectivity index (χ1) is 4.71. The van der Waals surface area contributed by atoms with Crippen molar-refractivity contribution in [3.05, 3.63) is 0 Å². The summed E-state index contributed by atoms with van der Waals surface area (Å²) in [5, 5.41) is 5.38. The Morgan fingerprint density at radius 2 is 1.50 bits per heavy atom. The maximum absolute atomic E-state index is 12.5. The fourth-order valence-electron chi connectivity index (χ4n) is 0.943. The summed E-state index contributed by atoms with van der Waals surface area (Å²) in [5.74, 6) is -2.57. The lowest BCUT2D eigenvalue weighted by atomic mass is 10.2. The van der Waals surface area contributed by atoms with Crippen molar-refractivity contribution in [1.29, 1.82) is 0 Å². The third kappa shape index (κ3) is 2.58. The van der Waals surface area contributed by atoms with Gasteiger partial charge in [0.2, 0.25) is 0 Å². The van der Waals surface area contributed by atoms with Crippen LogP contribution in [0.3, 0.4) is 0 Å². The van der Waals surface area contributed by atoms with Crippen LogP contribution in [0.15, 0.2) is 0 Å². The highest BCUT2D eigenvalue weighted by molar-refractivity contribution is 4.74. The molecule has 0 aromatic rings. The molecular formula is C6H12F2N2. The molecule has 1 fully saturated rings. The number of hydrogen-bond acceptors (Lipinski definition) is 2. The predicted molar refractivity (Wildman–Crippen MR) is 35.3 cm³/mol. The van der Waals surface area contributed by atoms with Crippen LogP contribution in [0.4, 0.5) is 8.78 Å². The van der Waals surface area contributed by atoms with Gasteiger partial charge in [-0.2, -0.15) is 0 Å². The normalized spacial score (nSPS) is 27.0. The van der Waals surface area contributed by atoms with Crippen molar-refractivity contribution >= 4 is 0 Å². The van der Waals surface area contributed by atoms with Gasteiger partial charge in [-0.3, -0.25) is 0 Å². The Kier molecular flexibility index (Phi) is 2.56. The van der Waals surface area contributed by atoms with Crippen molar-refractivity contribution in [2.24, 2.45) is 0 Å².